The lowest BCUT2D eigenvalue weighted by molar-refractivity contribution is -0.140. The molecule has 1 N–H and O–H groups in total. The number of fused-ring (bicyclic) bond motifs is 2. The van der Waals surface area contributed by atoms with Crippen molar-refractivity contribution in [3.63, 3.8) is 0 Å². The van der Waals surface area contributed by atoms with Gasteiger partial charge in [-0.2, -0.15) is 0 Å². The molecular weight excluding hydrogens is 427 g/mol. The Labute approximate surface area is 191 Å². The van der Waals surface area contributed by atoms with Gasteiger partial charge in [-0.1, -0.05) is 11.6 Å². The number of Topliss-reactive ketones (excluding diaryl/α,β-unsaturated/α-hetero) is 1. The fourth-order valence-electron chi connectivity index (χ4n) is 5.91. The van der Waals surface area contributed by atoms with E-state index in [9.17, 15) is 14.3 Å². The van der Waals surface area contributed by atoms with Crippen molar-refractivity contribution in [2.24, 2.45) is 17.8 Å². The summed E-state index contributed by atoms with van der Waals surface area (Å²) in [6, 6.07) is 10.2. The van der Waals surface area contributed by atoms with Gasteiger partial charge in [0, 0.05) is 23.5 Å². The highest BCUT2D eigenvalue weighted by Gasteiger charge is 2.50. The first-order chi connectivity index (χ1) is 15.3. The first-order valence-electron chi connectivity index (χ1n) is 11.2. The lowest BCUT2D eigenvalue weighted by Gasteiger charge is -2.30. The zero-order valence-electron chi connectivity index (χ0n) is 18.0. The van der Waals surface area contributed by atoms with Crippen LogP contribution in [0.5, 0.6) is 0 Å². The van der Waals surface area contributed by atoms with Crippen molar-refractivity contribution in [1.29, 1.82) is 0 Å². The van der Waals surface area contributed by atoms with Gasteiger partial charge in [0.15, 0.2) is 5.78 Å². The van der Waals surface area contributed by atoms with Crippen LogP contribution in [0.1, 0.15) is 49.8 Å². The molecule has 0 spiro atoms. The number of benzene rings is 1. The zero-order valence-corrected chi connectivity index (χ0v) is 18.7. The van der Waals surface area contributed by atoms with Gasteiger partial charge in [0.25, 0.3) is 0 Å². The predicted molar refractivity (Wildman–Crippen MR) is 122 cm³/mol. The molecule has 0 saturated heterocycles. The van der Waals surface area contributed by atoms with E-state index in [-0.39, 0.29) is 23.9 Å². The van der Waals surface area contributed by atoms with E-state index in [1.807, 2.05) is 6.07 Å². The summed E-state index contributed by atoms with van der Waals surface area (Å²) in [7, 11) is 0. The molecule has 2 aromatic heterocycles. The Morgan fingerprint density at radius 2 is 1.88 bits per heavy atom. The van der Waals surface area contributed by atoms with Crippen LogP contribution in [0, 0.1) is 23.6 Å². The average molecular weight is 453 g/mol. The number of hydrogen-bond acceptors (Lipinski definition) is 4. The number of nitrogens with zero attached hydrogens (tertiary/aromatic N) is 2. The molecule has 166 valence electrons. The van der Waals surface area contributed by atoms with E-state index in [1.165, 1.54) is 12.3 Å². The van der Waals surface area contributed by atoms with Gasteiger partial charge in [0.05, 0.1) is 17.0 Å². The zero-order chi connectivity index (χ0) is 22.5. The van der Waals surface area contributed by atoms with Gasteiger partial charge in [-0.05, 0) is 98.2 Å². The third-order valence-corrected chi connectivity index (χ3v) is 7.91. The van der Waals surface area contributed by atoms with Gasteiger partial charge in [0.1, 0.15) is 11.4 Å². The molecule has 4 nitrogen and oxygen atoms in total. The third kappa shape index (κ3) is 3.93. The molecule has 32 heavy (non-hydrogen) atoms. The molecule has 0 amide bonds. The molecule has 2 aliphatic carbocycles. The van der Waals surface area contributed by atoms with Crippen molar-refractivity contribution < 1.29 is 14.3 Å². The summed E-state index contributed by atoms with van der Waals surface area (Å²) >= 11 is 5.87. The molecule has 5 atom stereocenters. The van der Waals surface area contributed by atoms with Crippen LogP contribution in [-0.4, -0.2) is 26.5 Å². The quantitative estimate of drug-likeness (QED) is 0.554. The molecule has 0 bridgehead atoms. The van der Waals surface area contributed by atoms with Crippen molar-refractivity contribution in [2.75, 3.05) is 0 Å². The van der Waals surface area contributed by atoms with Crippen molar-refractivity contribution >= 4 is 28.3 Å². The number of aliphatic hydroxyl groups is 1. The second-order valence-electron chi connectivity index (χ2n) is 9.63. The number of rotatable bonds is 5. The van der Waals surface area contributed by atoms with Crippen LogP contribution in [0.25, 0.3) is 10.9 Å². The molecule has 3 unspecified atom stereocenters. The Morgan fingerprint density at radius 3 is 2.56 bits per heavy atom. The summed E-state index contributed by atoms with van der Waals surface area (Å²) in [4.78, 5) is 21.5. The Hall–Kier alpha value is -2.37. The minimum absolute atomic E-state index is 0.0510. The summed E-state index contributed by atoms with van der Waals surface area (Å²) in [5.74, 6) is 0.811. The van der Waals surface area contributed by atoms with Crippen molar-refractivity contribution in [1.82, 2.24) is 9.97 Å². The standard InChI is InChI=1S/C26H26ClFN2O2/c1-26(32,25(31)13-21-4-2-19(27)14-30-21)18-10-15-8-17(9-16(15)11-18)22-6-7-29-24-5-3-20(28)12-23(22)24/h2-7,12,14-18,32H,8-11,13H2,1H3/t15-,16+,17?,18?,26?. The third-order valence-electron chi connectivity index (χ3n) is 7.68. The summed E-state index contributed by atoms with van der Waals surface area (Å²) < 4.78 is 13.9. The maximum atomic E-state index is 13.9. The first kappa shape index (κ1) is 21.5. The summed E-state index contributed by atoms with van der Waals surface area (Å²) in [6.07, 6.45) is 7.11. The number of halogens is 2. The first-order valence-corrected chi connectivity index (χ1v) is 11.6. The minimum Gasteiger partial charge on any atom is -0.382 e. The summed E-state index contributed by atoms with van der Waals surface area (Å²) in [5, 5.41) is 12.6. The van der Waals surface area contributed by atoms with Crippen LogP contribution in [-0.2, 0) is 11.2 Å². The van der Waals surface area contributed by atoms with Crippen molar-refractivity contribution in [3.8, 4) is 0 Å². The molecule has 0 radical (unpaired) electrons. The van der Waals surface area contributed by atoms with E-state index < -0.39 is 5.60 Å². The lowest BCUT2D eigenvalue weighted by atomic mass is 9.80. The smallest absolute Gasteiger partial charge is 0.170 e. The number of carbonyl (C=O) groups excluding carboxylic acids is 1. The van der Waals surface area contributed by atoms with Gasteiger partial charge < -0.3 is 5.11 Å². The SMILES string of the molecule is CC(O)(C(=O)Cc1ccc(Cl)cn1)C1C[C@H]2CC(c3ccnc4ccc(F)cc34)C[C@H]2C1. The molecule has 3 aromatic rings. The molecule has 2 heterocycles. The fraction of sp³-hybridized carbons (Fsp3) is 0.423. The van der Waals surface area contributed by atoms with E-state index in [0.717, 1.165) is 42.1 Å². The Bertz CT molecular complexity index is 1150. The van der Waals surface area contributed by atoms with E-state index in [2.05, 4.69) is 9.97 Å². The fourth-order valence-corrected chi connectivity index (χ4v) is 6.02. The molecule has 6 heteroatoms. The largest absolute Gasteiger partial charge is 0.382 e. The van der Waals surface area contributed by atoms with Crippen molar-refractivity contribution in [3.05, 3.63) is 70.9 Å². The average Bonchev–Trinajstić information content (AvgIpc) is 3.34. The molecule has 5 rings (SSSR count). The van der Waals surface area contributed by atoms with Crippen LogP contribution in [0.2, 0.25) is 5.02 Å². The highest BCUT2D eigenvalue weighted by Crippen LogP contribution is 2.55. The van der Waals surface area contributed by atoms with Gasteiger partial charge in [-0.3, -0.25) is 14.8 Å². The van der Waals surface area contributed by atoms with E-state index in [0.29, 0.717) is 28.5 Å². The van der Waals surface area contributed by atoms with E-state index in [4.69, 9.17) is 11.6 Å². The Balaban J connectivity index is 1.28. The van der Waals surface area contributed by atoms with E-state index in [1.54, 1.807) is 37.4 Å². The maximum Gasteiger partial charge on any atom is 0.170 e. The molecule has 2 saturated carbocycles. The normalized spacial score (nSPS) is 26.8. The van der Waals surface area contributed by atoms with Crippen LogP contribution in [0.15, 0.2) is 48.8 Å². The van der Waals surface area contributed by atoms with Gasteiger partial charge >= 0.3 is 0 Å². The molecule has 0 aliphatic heterocycles. The number of pyridine rings is 2. The second-order valence-corrected chi connectivity index (χ2v) is 10.1. The van der Waals surface area contributed by atoms with Gasteiger partial charge in [-0.15, -0.1) is 0 Å². The highest BCUT2D eigenvalue weighted by molar-refractivity contribution is 6.30. The van der Waals surface area contributed by atoms with Crippen molar-refractivity contribution in [2.45, 2.75) is 50.5 Å². The molecule has 2 aliphatic rings. The number of ketones is 1. The lowest BCUT2D eigenvalue weighted by Crippen LogP contribution is -2.43. The molecular formula is C26H26ClFN2O2. The van der Waals surface area contributed by atoms with Gasteiger partial charge in [0.2, 0.25) is 0 Å². The van der Waals surface area contributed by atoms with Crippen LogP contribution in [0.4, 0.5) is 4.39 Å². The highest BCUT2D eigenvalue weighted by atomic mass is 35.5. The Kier molecular flexibility index (Phi) is 5.50. The molecule has 2 fully saturated rings. The van der Waals surface area contributed by atoms with E-state index >= 15 is 0 Å². The second kappa shape index (κ2) is 8.20. The van der Waals surface area contributed by atoms with Gasteiger partial charge in [-0.25, -0.2) is 4.39 Å². The minimum atomic E-state index is -1.37. The van der Waals surface area contributed by atoms with Crippen LogP contribution >= 0.6 is 11.6 Å². The number of aromatic nitrogens is 2. The monoisotopic (exact) mass is 452 g/mol. The number of hydrogen-bond donors (Lipinski definition) is 1. The molecule has 1 aromatic carbocycles. The van der Waals surface area contributed by atoms with Crippen LogP contribution < -0.4 is 0 Å². The summed E-state index contributed by atoms with van der Waals surface area (Å²) in [5.41, 5.74) is 1.24. The van der Waals surface area contributed by atoms with Crippen LogP contribution in [0.3, 0.4) is 0 Å². The topological polar surface area (TPSA) is 63.1 Å². The maximum absolute atomic E-state index is 13.9. The summed E-state index contributed by atoms with van der Waals surface area (Å²) in [6.45, 7) is 1.66. The Morgan fingerprint density at radius 1 is 1.12 bits per heavy atom. The predicted octanol–water partition coefficient (Wildman–Crippen LogP) is 5.50. The number of carbonyl (C=O) groups is 1.